The third kappa shape index (κ3) is 2.79. The smallest absolute Gasteiger partial charge is 0.231 e. The highest BCUT2D eigenvalue weighted by molar-refractivity contribution is 7.10. The number of nitrogens with one attached hydrogen (secondary N) is 2. The van der Waals surface area contributed by atoms with Gasteiger partial charge in [-0.25, -0.2) is 4.98 Å². The highest BCUT2D eigenvalue weighted by Gasteiger charge is 2.38. The van der Waals surface area contributed by atoms with E-state index in [1.165, 1.54) is 4.90 Å². The van der Waals surface area contributed by atoms with Gasteiger partial charge in [0.1, 0.15) is 0 Å². The van der Waals surface area contributed by atoms with Crippen LogP contribution in [0.3, 0.4) is 0 Å². The van der Waals surface area contributed by atoms with Gasteiger partial charge < -0.3 is 10.1 Å². The summed E-state index contributed by atoms with van der Waals surface area (Å²) in [5, 5.41) is 13.1. The predicted molar refractivity (Wildman–Crippen MR) is 89.7 cm³/mol. The lowest BCUT2D eigenvalue weighted by Gasteiger charge is -2.38. The fourth-order valence-electron chi connectivity index (χ4n) is 2.53. The van der Waals surface area contributed by atoms with Crippen LogP contribution in [-0.2, 0) is 10.3 Å². The number of guanidine groups is 1. The Bertz CT molecular complexity index is 753. The molecule has 0 radical (unpaired) electrons. The molecule has 0 aromatic carbocycles. The molecule has 0 unspecified atom stereocenters. The maximum absolute atomic E-state index is 12.1. The lowest BCUT2D eigenvalue weighted by Crippen LogP contribution is -2.57. The molecule has 23 heavy (non-hydrogen) atoms. The zero-order valence-corrected chi connectivity index (χ0v) is 14.0. The van der Waals surface area contributed by atoms with Crippen molar-refractivity contribution in [3.63, 3.8) is 0 Å². The third-order valence-corrected chi connectivity index (χ3v) is 5.17. The van der Waals surface area contributed by atoms with E-state index < -0.39 is 5.54 Å². The number of ether oxygens (including phenoxy) is 1. The molecular formula is C16H18N4O2S. The van der Waals surface area contributed by atoms with Gasteiger partial charge in [0.25, 0.3) is 0 Å². The summed E-state index contributed by atoms with van der Waals surface area (Å²) in [5.41, 5.74) is 1.23. The second-order valence-corrected chi connectivity index (χ2v) is 6.61. The fourth-order valence-corrected chi connectivity index (χ4v) is 3.55. The number of carbonyl (C=O) groups excluding carboxylic acids is 1. The molecule has 3 rings (SSSR count). The van der Waals surface area contributed by atoms with Gasteiger partial charge in [0.05, 0.1) is 24.8 Å². The Morgan fingerprint density at radius 1 is 1.48 bits per heavy atom. The lowest BCUT2D eigenvalue weighted by atomic mass is 9.92. The summed E-state index contributed by atoms with van der Waals surface area (Å²) < 4.78 is 5.16. The van der Waals surface area contributed by atoms with Crippen molar-refractivity contribution in [2.45, 2.75) is 18.9 Å². The molecule has 3 heterocycles. The second-order valence-electron chi connectivity index (χ2n) is 5.70. The molecule has 2 aromatic rings. The number of rotatable bonds is 3. The van der Waals surface area contributed by atoms with Crippen molar-refractivity contribution in [1.82, 2.24) is 15.2 Å². The summed E-state index contributed by atoms with van der Waals surface area (Å²) in [6, 6.07) is 7.64. The molecule has 1 saturated heterocycles. The summed E-state index contributed by atoms with van der Waals surface area (Å²) in [6.45, 7) is 1.95. The Kier molecular flexibility index (Phi) is 3.81. The minimum atomic E-state index is -0.567. The van der Waals surface area contributed by atoms with Crippen molar-refractivity contribution in [2.75, 3.05) is 14.2 Å². The van der Waals surface area contributed by atoms with Gasteiger partial charge in [-0.2, -0.15) is 0 Å². The average molecular weight is 330 g/mol. The molecule has 1 aliphatic heterocycles. The van der Waals surface area contributed by atoms with E-state index in [-0.39, 0.29) is 11.9 Å². The number of amides is 1. The normalized spacial score (nSPS) is 21.3. The minimum Gasteiger partial charge on any atom is -0.481 e. The van der Waals surface area contributed by atoms with Crippen LogP contribution in [-0.4, -0.2) is 35.9 Å². The monoisotopic (exact) mass is 330 g/mol. The van der Waals surface area contributed by atoms with Gasteiger partial charge in [0.2, 0.25) is 11.8 Å². The van der Waals surface area contributed by atoms with E-state index in [2.05, 4.69) is 10.3 Å². The van der Waals surface area contributed by atoms with Gasteiger partial charge in [-0.15, -0.1) is 11.3 Å². The second kappa shape index (κ2) is 5.66. The Morgan fingerprint density at radius 2 is 2.26 bits per heavy atom. The number of aromatic nitrogens is 1. The van der Waals surface area contributed by atoms with Crippen LogP contribution >= 0.6 is 11.3 Å². The molecule has 0 bridgehead atoms. The van der Waals surface area contributed by atoms with Crippen LogP contribution in [0.4, 0.5) is 0 Å². The van der Waals surface area contributed by atoms with E-state index in [1.807, 2.05) is 30.5 Å². The van der Waals surface area contributed by atoms with Crippen LogP contribution in [0, 0.1) is 5.41 Å². The average Bonchev–Trinajstić information content (AvgIpc) is 3.03. The van der Waals surface area contributed by atoms with E-state index in [1.54, 1.807) is 31.6 Å². The number of pyridine rings is 1. The molecule has 1 fully saturated rings. The van der Waals surface area contributed by atoms with E-state index in [0.717, 1.165) is 16.1 Å². The SMILES string of the molecule is COc1cccc(-c2csc([C@]3(C)CC(=O)N(C)C(=N)N3)c2)n1. The Morgan fingerprint density at radius 3 is 2.96 bits per heavy atom. The lowest BCUT2D eigenvalue weighted by molar-refractivity contribution is -0.129. The Hall–Kier alpha value is -2.41. The van der Waals surface area contributed by atoms with Gasteiger partial charge in [-0.05, 0) is 19.1 Å². The first kappa shape index (κ1) is 15.5. The number of hydrogen-bond donors (Lipinski definition) is 2. The summed E-state index contributed by atoms with van der Waals surface area (Å²) >= 11 is 1.56. The fraction of sp³-hybridized carbons (Fsp3) is 0.312. The molecule has 2 aromatic heterocycles. The highest BCUT2D eigenvalue weighted by Crippen LogP contribution is 2.36. The van der Waals surface area contributed by atoms with Crippen LogP contribution < -0.4 is 10.1 Å². The number of nitrogens with zero attached hydrogens (tertiary/aromatic N) is 2. The van der Waals surface area contributed by atoms with Crippen molar-refractivity contribution in [3.05, 3.63) is 34.5 Å². The van der Waals surface area contributed by atoms with Gasteiger partial charge >= 0.3 is 0 Å². The molecule has 7 heteroatoms. The maximum Gasteiger partial charge on any atom is 0.231 e. The topological polar surface area (TPSA) is 78.3 Å². The molecule has 2 N–H and O–H groups in total. The zero-order chi connectivity index (χ0) is 16.6. The number of thiophene rings is 1. The van der Waals surface area contributed by atoms with Gasteiger partial charge in [0, 0.05) is 28.9 Å². The van der Waals surface area contributed by atoms with Crippen molar-refractivity contribution in [1.29, 1.82) is 5.41 Å². The first-order chi connectivity index (χ1) is 10.9. The third-order valence-electron chi connectivity index (χ3n) is 3.98. The molecular weight excluding hydrogens is 312 g/mol. The predicted octanol–water partition coefficient (Wildman–Crippen LogP) is 2.42. The van der Waals surface area contributed by atoms with Gasteiger partial charge in [-0.3, -0.25) is 15.1 Å². The molecule has 1 aliphatic rings. The van der Waals surface area contributed by atoms with E-state index in [4.69, 9.17) is 10.1 Å². The molecule has 6 nitrogen and oxygen atoms in total. The Labute approximate surface area is 138 Å². The first-order valence-corrected chi connectivity index (χ1v) is 8.04. The molecule has 0 spiro atoms. The van der Waals surface area contributed by atoms with Crippen molar-refractivity contribution in [3.8, 4) is 17.1 Å². The molecule has 0 saturated carbocycles. The quantitative estimate of drug-likeness (QED) is 0.906. The number of hydrogen-bond acceptors (Lipinski definition) is 5. The van der Waals surface area contributed by atoms with Crippen LogP contribution in [0.1, 0.15) is 18.2 Å². The van der Waals surface area contributed by atoms with E-state index in [9.17, 15) is 4.79 Å². The van der Waals surface area contributed by atoms with Crippen LogP contribution in [0.2, 0.25) is 0 Å². The van der Waals surface area contributed by atoms with Crippen LogP contribution in [0.15, 0.2) is 29.6 Å². The number of methoxy groups -OCH3 is 1. The first-order valence-electron chi connectivity index (χ1n) is 7.17. The zero-order valence-electron chi connectivity index (χ0n) is 13.2. The minimum absolute atomic E-state index is 0.0642. The highest BCUT2D eigenvalue weighted by atomic mass is 32.1. The summed E-state index contributed by atoms with van der Waals surface area (Å²) in [7, 11) is 3.20. The Balaban J connectivity index is 1.92. The van der Waals surface area contributed by atoms with Gasteiger partial charge in [-0.1, -0.05) is 6.07 Å². The summed E-state index contributed by atoms with van der Waals surface area (Å²) in [4.78, 5) is 18.8. The van der Waals surface area contributed by atoms with Gasteiger partial charge in [0.15, 0.2) is 5.96 Å². The van der Waals surface area contributed by atoms with E-state index in [0.29, 0.717) is 12.3 Å². The summed E-state index contributed by atoms with van der Waals surface area (Å²) in [5.74, 6) is 0.625. The molecule has 1 amide bonds. The molecule has 0 aliphatic carbocycles. The summed E-state index contributed by atoms with van der Waals surface area (Å²) in [6.07, 6.45) is 0.317. The molecule has 120 valence electrons. The number of carbonyl (C=O) groups is 1. The van der Waals surface area contributed by atoms with E-state index >= 15 is 0 Å². The standard InChI is InChI=1S/C16H18N4O2S/c1-16(8-14(21)20(2)15(17)19-16)12-7-10(9-23-12)11-5-4-6-13(18-11)22-3/h4-7,9H,8H2,1-3H3,(H2,17,19)/t16-/m0/s1. The maximum atomic E-state index is 12.1. The van der Waals surface area contributed by atoms with Crippen LogP contribution in [0.25, 0.3) is 11.3 Å². The molecule has 1 atom stereocenters. The van der Waals surface area contributed by atoms with Crippen molar-refractivity contribution < 1.29 is 9.53 Å². The van der Waals surface area contributed by atoms with Crippen LogP contribution in [0.5, 0.6) is 5.88 Å². The van der Waals surface area contributed by atoms with Crippen molar-refractivity contribution >= 4 is 23.2 Å². The largest absolute Gasteiger partial charge is 0.481 e. The van der Waals surface area contributed by atoms with Crippen molar-refractivity contribution in [2.24, 2.45) is 0 Å².